The maximum absolute atomic E-state index is 12.1. The minimum atomic E-state index is -0.960. The van der Waals surface area contributed by atoms with Crippen LogP contribution < -0.4 is 0 Å². The van der Waals surface area contributed by atoms with E-state index in [1.807, 2.05) is 0 Å². The van der Waals surface area contributed by atoms with E-state index in [0.29, 0.717) is 10.7 Å². The summed E-state index contributed by atoms with van der Waals surface area (Å²) in [5.41, 5.74) is -0.0479. The molecule has 0 bridgehead atoms. The molecule has 6 nitrogen and oxygen atoms in total. The van der Waals surface area contributed by atoms with Crippen molar-refractivity contribution in [1.82, 2.24) is 9.88 Å². The Bertz CT molecular complexity index is 585. The molecule has 1 aliphatic rings. The molecule has 1 saturated heterocycles. The molecule has 1 amide bonds. The molecule has 0 aromatic carbocycles. The lowest BCUT2D eigenvalue weighted by molar-refractivity contribution is -0.141. The van der Waals surface area contributed by atoms with Gasteiger partial charge in [0.25, 0.3) is 0 Å². The number of likely N-dealkylation sites (tertiary alicyclic amines) is 1. The maximum Gasteiger partial charge on any atom is 0.410 e. The fraction of sp³-hybridized carbons (Fsp3) is 0.533. The number of aliphatic carboxylic acids is 1. The van der Waals surface area contributed by atoms with Crippen LogP contribution in [-0.4, -0.2) is 45.7 Å². The molecule has 2 rings (SSSR count). The summed E-state index contributed by atoms with van der Waals surface area (Å²) in [5.74, 6) is -2.08. The van der Waals surface area contributed by atoms with E-state index in [4.69, 9.17) is 16.3 Å². The topological polar surface area (TPSA) is 79.7 Å². The Balaban J connectivity index is 2.20. The van der Waals surface area contributed by atoms with Gasteiger partial charge in [-0.05, 0) is 32.9 Å². The Labute approximate surface area is 134 Å². The van der Waals surface area contributed by atoms with Gasteiger partial charge in [0.15, 0.2) is 0 Å². The zero-order chi connectivity index (χ0) is 16.5. The SMILES string of the molecule is CC(C)(C)OC(=O)N1CC(C(=O)O)C(c2cc(Cl)ccn2)C1. The molecule has 2 heterocycles. The maximum atomic E-state index is 12.1. The Morgan fingerprint density at radius 3 is 2.64 bits per heavy atom. The highest BCUT2D eigenvalue weighted by atomic mass is 35.5. The Kier molecular flexibility index (Phi) is 4.60. The van der Waals surface area contributed by atoms with Crippen LogP contribution in [-0.2, 0) is 9.53 Å². The van der Waals surface area contributed by atoms with Crippen molar-refractivity contribution in [3.8, 4) is 0 Å². The molecule has 1 aliphatic heterocycles. The molecular weight excluding hydrogens is 308 g/mol. The molecule has 0 spiro atoms. The van der Waals surface area contributed by atoms with E-state index >= 15 is 0 Å². The first kappa shape index (κ1) is 16.5. The Morgan fingerprint density at radius 2 is 2.09 bits per heavy atom. The van der Waals surface area contributed by atoms with E-state index in [0.717, 1.165) is 0 Å². The number of carboxylic acid groups (broad SMARTS) is 1. The average molecular weight is 327 g/mol. The standard InChI is InChI=1S/C15H19ClN2O4/c1-15(2,3)22-14(21)18-7-10(11(8-18)13(19)20)12-6-9(16)4-5-17-12/h4-6,10-11H,7-8H2,1-3H3,(H,19,20). The molecule has 2 atom stereocenters. The fourth-order valence-corrected chi connectivity index (χ4v) is 2.62. The summed E-state index contributed by atoms with van der Waals surface area (Å²) in [6.07, 6.45) is 1.02. The van der Waals surface area contributed by atoms with Crippen molar-refractivity contribution >= 4 is 23.7 Å². The molecule has 7 heteroatoms. The summed E-state index contributed by atoms with van der Waals surface area (Å²) in [4.78, 5) is 29.2. The van der Waals surface area contributed by atoms with Gasteiger partial charge in [-0.25, -0.2) is 4.79 Å². The van der Waals surface area contributed by atoms with Crippen LogP contribution in [0.2, 0.25) is 5.02 Å². The van der Waals surface area contributed by atoms with Crippen molar-refractivity contribution in [3.05, 3.63) is 29.0 Å². The Morgan fingerprint density at radius 1 is 1.41 bits per heavy atom. The van der Waals surface area contributed by atoms with Gasteiger partial charge in [0.2, 0.25) is 0 Å². The molecule has 2 unspecified atom stereocenters. The molecule has 1 N–H and O–H groups in total. The van der Waals surface area contributed by atoms with Crippen molar-refractivity contribution in [2.45, 2.75) is 32.3 Å². The lowest BCUT2D eigenvalue weighted by Gasteiger charge is -2.24. The van der Waals surface area contributed by atoms with Crippen molar-refractivity contribution < 1.29 is 19.4 Å². The number of ether oxygens (including phenoxy) is 1. The van der Waals surface area contributed by atoms with E-state index in [2.05, 4.69) is 4.98 Å². The predicted octanol–water partition coefficient (Wildman–Crippen LogP) is 2.77. The lowest BCUT2D eigenvalue weighted by atomic mass is 9.92. The van der Waals surface area contributed by atoms with Gasteiger partial charge in [-0.1, -0.05) is 11.6 Å². The van der Waals surface area contributed by atoms with Crippen LogP contribution in [0, 0.1) is 5.92 Å². The number of nitrogens with zero attached hydrogens (tertiary/aromatic N) is 2. The van der Waals surface area contributed by atoms with E-state index in [9.17, 15) is 14.7 Å². The number of hydrogen-bond acceptors (Lipinski definition) is 4. The van der Waals surface area contributed by atoms with Crippen LogP contribution >= 0.6 is 11.6 Å². The van der Waals surface area contributed by atoms with Crippen LogP contribution in [0.1, 0.15) is 32.4 Å². The van der Waals surface area contributed by atoms with Crippen LogP contribution in [0.15, 0.2) is 18.3 Å². The van der Waals surface area contributed by atoms with Gasteiger partial charge in [-0.15, -0.1) is 0 Å². The highest BCUT2D eigenvalue weighted by Gasteiger charge is 2.42. The molecular formula is C15H19ClN2O4. The lowest BCUT2D eigenvalue weighted by Crippen LogP contribution is -2.35. The zero-order valence-corrected chi connectivity index (χ0v) is 13.5. The fourth-order valence-electron chi connectivity index (χ4n) is 2.45. The summed E-state index contributed by atoms with van der Waals surface area (Å²) in [7, 11) is 0. The monoisotopic (exact) mass is 326 g/mol. The average Bonchev–Trinajstić information content (AvgIpc) is 2.82. The number of carboxylic acids is 1. The first-order valence-corrected chi connectivity index (χ1v) is 7.37. The molecule has 1 fully saturated rings. The zero-order valence-electron chi connectivity index (χ0n) is 12.7. The summed E-state index contributed by atoms with van der Waals surface area (Å²) < 4.78 is 5.31. The third-order valence-corrected chi connectivity index (χ3v) is 3.65. The number of carbonyl (C=O) groups excluding carboxylic acids is 1. The first-order valence-electron chi connectivity index (χ1n) is 6.99. The van der Waals surface area contributed by atoms with Gasteiger partial charge in [0.1, 0.15) is 5.60 Å². The minimum Gasteiger partial charge on any atom is -0.481 e. The highest BCUT2D eigenvalue weighted by Crippen LogP contribution is 2.33. The third kappa shape index (κ3) is 3.88. The summed E-state index contributed by atoms with van der Waals surface area (Å²) in [5, 5.41) is 9.90. The molecule has 1 aromatic rings. The smallest absolute Gasteiger partial charge is 0.410 e. The second-order valence-corrected chi connectivity index (χ2v) is 6.77. The molecule has 1 aromatic heterocycles. The van der Waals surface area contributed by atoms with Crippen molar-refractivity contribution in [1.29, 1.82) is 0 Å². The van der Waals surface area contributed by atoms with Crippen LogP contribution in [0.4, 0.5) is 4.79 Å². The highest BCUT2D eigenvalue weighted by molar-refractivity contribution is 6.30. The normalized spacial score (nSPS) is 21.7. The quantitative estimate of drug-likeness (QED) is 0.904. The number of amides is 1. The van der Waals surface area contributed by atoms with Crippen LogP contribution in [0.25, 0.3) is 0 Å². The van der Waals surface area contributed by atoms with Gasteiger partial charge in [0.05, 0.1) is 5.92 Å². The van der Waals surface area contributed by atoms with Gasteiger partial charge in [-0.2, -0.15) is 0 Å². The van der Waals surface area contributed by atoms with Gasteiger partial charge >= 0.3 is 12.1 Å². The van der Waals surface area contributed by atoms with Gasteiger partial charge in [0, 0.05) is 35.9 Å². The molecule has 0 aliphatic carbocycles. The predicted molar refractivity (Wildman–Crippen MR) is 80.9 cm³/mol. The molecule has 22 heavy (non-hydrogen) atoms. The molecule has 120 valence electrons. The van der Waals surface area contributed by atoms with E-state index < -0.39 is 29.5 Å². The number of aromatic nitrogens is 1. The van der Waals surface area contributed by atoms with E-state index in [-0.39, 0.29) is 13.1 Å². The summed E-state index contributed by atoms with van der Waals surface area (Å²) >= 11 is 5.94. The van der Waals surface area contributed by atoms with Gasteiger partial charge < -0.3 is 14.7 Å². The largest absolute Gasteiger partial charge is 0.481 e. The second kappa shape index (κ2) is 6.12. The number of pyridine rings is 1. The van der Waals surface area contributed by atoms with Gasteiger partial charge in [-0.3, -0.25) is 9.78 Å². The molecule has 0 radical (unpaired) electrons. The number of hydrogen-bond donors (Lipinski definition) is 1. The number of rotatable bonds is 2. The van der Waals surface area contributed by atoms with E-state index in [1.165, 1.54) is 11.1 Å². The van der Waals surface area contributed by atoms with Crippen LogP contribution in [0.5, 0.6) is 0 Å². The van der Waals surface area contributed by atoms with Crippen molar-refractivity contribution in [3.63, 3.8) is 0 Å². The summed E-state index contributed by atoms with van der Waals surface area (Å²) in [6.45, 7) is 5.66. The second-order valence-electron chi connectivity index (χ2n) is 6.34. The number of carbonyl (C=O) groups is 2. The van der Waals surface area contributed by atoms with Crippen molar-refractivity contribution in [2.75, 3.05) is 13.1 Å². The van der Waals surface area contributed by atoms with Crippen molar-refractivity contribution in [2.24, 2.45) is 5.92 Å². The van der Waals surface area contributed by atoms with E-state index in [1.54, 1.807) is 32.9 Å². The minimum absolute atomic E-state index is 0.100. The molecule has 0 saturated carbocycles. The number of halogens is 1. The summed E-state index contributed by atoms with van der Waals surface area (Å²) in [6, 6.07) is 3.27. The van der Waals surface area contributed by atoms with Crippen LogP contribution in [0.3, 0.4) is 0 Å². The first-order chi connectivity index (χ1) is 10.2. The third-order valence-electron chi connectivity index (χ3n) is 3.41. The Hall–Kier alpha value is -1.82.